The smallest absolute Gasteiger partial charge is 0.301 e. The number of aliphatic hydroxyl groups is 1. The molecule has 1 amide bonds. The fourth-order valence-corrected chi connectivity index (χ4v) is 11.6. The van der Waals surface area contributed by atoms with E-state index in [4.69, 9.17) is 18.7 Å². The number of anilines is 1. The van der Waals surface area contributed by atoms with E-state index in [1.165, 1.54) is 11.1 Å². The van der Waals surface area contributed by atoms with Gasteiger partial charge in [0.05, 0.1) is 65.0 Å². The van der Waals surface area contributed by atoms with Crippen LogP contribution in [0, 0.1) is 25.5 Å². The van der Waals surface area contributed by atoms with E-state index in [9.17, 15) is 32.3 Å². The highest BCUT2D eigenvalue weighted by atomic mass is 32.2. The number of Topliss-reactive ketones (excluding diaryl/α,β-unsaturated/α-hetero) is 1. The summed E-state index contributed by atoms with van der Waals surface area (Å²) < 4.78 is 96.0. The molecule has 2 fully saturated rings. The number of aromatic amines is 1. The predicted molar refractivity (Wildman–Crippen MR) is 277 cm³/mol. The van der Waals surface area contributed by atoms with E-state index in [0.29, 0.717) is 28.3 Å². The highest BCUT2D eigenvalue weighted by Crippen LogP contribution is 2.34. The molecule has 2 aliphatic rings. The fourth-order valence-electron chi connectivity index (χ4n) is 9.51. The summed E-state index contributed by atoms with van der Waals surface area (Å²) in [5.41, 5.74) is 5.26. The Labute approximate surface area is 440 Å². The number of aryl methyl sites for hydroxylation is 2. The lowest BCUT2D eigenvalue weighted by molar-refractivity contribution is -0.139. The monoisotopic (exact) mass is 1080 g/mol. The maximum Gasteiger partial charge on any atom is 0.301 e. The highest BCUT2D eigenvalue weighted by Gasteiger charge is 2.42. The van der Waals surface area contributed by atoms with Crippen molar-refractivity contribution in [3.8, 4) is 27.3 Å². The quantitative estimate of drug-likeness (QED) is 0.0405. The number of ether oxygens (including phenoxy) is 3. The van der Waals surface area contributed by atoms with E-state index in [-0.39, 0.29) is 106 Å². The third-order valence-electron chi connectivity index (χ3n) is 13.6. The Kier molecular flexibility index (Phi) is 16.8. The number of aromatic nitrogens is 4. The Hall–Kier alpha value is -6.82. The second-order valence-electron chi connectivity index (χ2n) is 19.0. The zero-order chi connectivity index (χ0) is 53.7. The van der Waals surface area contributed by atoms with Gasteiger partial charge in [-0.2, -0.15) is 12.7 Å². The van der Waals surface area contributed by atoms with E-state index < -0.39 is 69.7 Å². The van der Waals surface area contributed by atoms with Crippen LogP contribution in [0.15, 0.2) is 95.2 Å². The minimum atomic E-state index is -4.38. The first kappa shape index (κ1) is 54.0. The van der Waals surface area contributed by atoms with Crippen LogP contribution in [0.25, 0.3) is 32.6 Å². The highest BCUT2D eigenvalue weighted by molar-refractivity contribution is 7.90. The number of nitrogens with one attached hydrogen (secondary N) is 2. The van der Waals surface area contributed by atoms with Crippen molar-refractivity contribution in [2.45, 2.75) is 76.6 Å². The van der Waals surface area contributed by atoms with Crippen molar-refractivity contribution in [2.24, 2.45) is 0 Å². The number of β-amino-alcohol motifs (C(OH)–C–C–N with tert-alkyl or cyclic N) is 1. The second-order valence-corrected chi connectivity index (χ2v) is 21.5. The van der Waals surface area contributed by atoms with Gasteiger partial charge in [-0.25, -0.2) is 23.1 Å². The summed E-state index contributed by atoms with van der Waals surface area (Å²) in [5, 5.41) is 15.0. The molecule has 7 aromatic rings. The topological polar surface area (TPSA) is 219 Å². The van der Waals surface area contributed by atoms with Crippen molar-refractivity contribution in [3.63, 3.8) is 0 Å². The number of likely N-dealkylation sites (tertiary alicyclic amines) is 1. The number of benzene rings is 3. The number of carbonyl (C=O) groups is 3. The number of hydrogen-bond donors (Lipinski definition) is 3. The van der Waals surface area contributed by atoms with Gasteiger partial charge in [0, 0.05) is 74.1 Å². The molecule has 0 saturated carbocycles. The van der Waals surface area contributed by atoms with Crippen molar-refractivity contribution >= 4 is 55.7 Å². The van der Waals surface area contributed by atoms with Crippen molar-refractivity contribution in [3.05, 3.63) is 136 Å². The zero-order valence-corrected chi connectivity index (χ0v) is 43.5. The van der Waals surface area contributed by atoms with Crippen LogP contribution in [0.4, 0.5) is 18.9 Å². The van der Waals surface area contributed by atoms with Crippen LogP contribution >= 0.6 is 11.3 Å². The molecule has 0 bridgehead atoms. The number of pyridine rings is 1. The van der Waals surface area contributed by atoms with Crippen LogP contribution in [0.3, 0.4) is 0 Å². The molecule has 0 radical (unpaired) electrons. The Morgan fingerprint density at radius 3 is 2.37 bits per heavy atom. The molecular formula is C54H56F3N7O10S2. The van der Waals surface area contributed by atoms with E-state index >= 15 is 8.78 Å². The number of H-pyrrole nitrogens is 1. The number of thiazole rings is 1. The largest absolute Gasteiger partial charge is 0.491 e. The number of amides is 1. The van der Waals surface area contributed by atoms with Gasteiger partial charge < -0.3 is 33.7 Å². The van der Waals surface area contributed by atoms with Gasteiger partial charge in [0.2, 0.25) is 11.7 Å². The molecule has 17 nitrogen and oxygen atoms in total. The molecule has 4 aromatic heterocycles. The number of aliphatic hydroxyl groups excluding tert-OH is 1. The summed E-state index contributed by atoms with van der Waals surface area (Å²) in [7, 11) is -4.38. The molecule has 9 rings (SSSR count). The molecule has 0 unspecified atom stereocenters. The standard InChI is InChI=1S/C54H56F3N7O10S2/c1-31(34-4-6-36(7-5-34)52-33(3)60-30-75-52)22-47(66)46-25-39(65)29-64(46)54(68)41(48-23-32(2)61-74-48)15-17-71-18-19-72-20-21-73-40-10-8-35(9-11-40)37-24-42-43(27-59-53(42)58-26-37)51(67)49-44(56)12-13-45(50(49)57)62-76(69,70)63-16-14-38(55)28-63/h4-13,23-24,26-27,30-31,38-39,41,46,62,65H,14-22,25,28-29H2,1-3H3,(H,58,59)/t31-,38-,39-,41+,46+/m1/s1. The van der Waals surface area contributed by atoms with Gasteiger partial charge >= 0.3 is 10.2 Å². The Morgan fingerprint density at radius 2 is 1.67 bits per heavy atom. The number of carbonyl (C=O) groups excluding carboxylic acids is 3. The summed E-state index contributed by atoms with van der Waals surface area (Å²) >= 11 is 1.58. The first-order valence-corrected chi connectivity index (χ1v) is 27.1. The van der Waals surface area contributed by atoms with Gasteiger partial charge in [-0.15, -0.1) is 11.3 Å². The van der Waals surface area contributed by atoms with E-state index in [1.807, 2.05) is 48.3 Å². The van der Waals surface area contributed by atoms with Gasteiger partial charge in [0.1, 0.15) is 41.7 Å². The number of ketones is 2. The van der Waals surface area contributed by atoms with Gasteiger partial charge in [0.15, 0.2) is 11.6 Å². The van der Waals surface area contributed by atoms with Crippen LogP contribution in [-0.4, -0.2) is 131 Å². The average molecular weight is 1080 g/mol. The molecular weight excluding hydrogens is 1030 g/mol. The van der Waals surface area contributed by atoms with Crippen LogP contribution in [0.5, 0.6) is 5.75 Å². The maximum absolute atomic E-state index is 15.7. The Morgan fingerprint density at radius 1 is 0.934 bits per heavy atom. The summed E-state index contributed by atoms with van der Waals surface area (Å²) in [4.78, 5) is 55.9. The number of rotatable bonds is 23. The summed E-state index contributed by atoms with van der Waals surface area (Å²) in [5.74, 6) is -4.14. The lowest BCUT2D eigenvalue weighted by atomic mass is 9.91. The number of halogens is 3. The first-order chi connectivity index (χ1) is 36.5. The van der Waals surface area contributed by atoms with E-state index in [1.54, 1.807) is 60.9 Å². The zero-order valence-electron chi connectivity index (χ0n) is 41.8. The van der Waals surface area contributed by atoms with Gasteiger partial charge in [-0.05, 0) is 79.6 Å². The predicted octanol–water partition coefficient (Wildman–Crippen LogP) is 8.48. The van der Waals surface area contributed by atoms with E-state index in [2.05, 4.69) is 20.1 Å². The molecule has 22 heteroatoms. The second kappa shape index (κ2) is 23.6. The molecule has 6 heterocycles. The summed E-state index contributed by atoms with van der Waals surface area (Å²) in [6.45, 7) is 6.32. The molecule has 76 heavy (non-hydrogen) atoms. The molecule has 2 aliphatic heterocycles. The molecule has 0 aliphatic carbocycles. The molecule has 5 atom stereocenters. The third kappa shape index (κ3) is 12.2. The van der Waals surface area contributed by atoms with Crippen LogP contribution in [-0.2, 0) is 29.3 Å². The lowest BCUT2D eigenvalue weighted by Gasteiger charge is -2.28. The van der Waals surface area contributed by atoms with Gasteiger partial charge in [0.25, 0.3) is 0 Å². The maximum atomic E-state index is 15.7. The van der Waals surface area contributed by atoms with Gasteiger partial charge in [-0.3, -0.25) is 19.1 Å². The fraction of sp³-hybridized carbons (Fsp3) is 0.370. The van der Waals surface area contributed by atoms with E-state index in [0.717, 1.165) is 38.1 Å². The van der Waals surface area contributed by atoms with Crippen LogP contribution in [0.1, 0.15) is 83.1 Å². The number of nitrogens with zero attached hydrogens (tertiary/aromatic N) is 5. The van der Waals surface area contributed by atoms with Crippen molar-refractivity contribution < 1.29 is 59.8 Å². The molecule has 3 aromatic carbocycles. The van der Waals surface area contributed by atoms with Gasteiger partial charge in [-0.1, -0.05) is 48.5 Å². The molecule has 3 N–H and O–H groups in total. The summed E-state index contributed by atoms with van der Waals surface area (Å²) in [6, 6.07) is 19.3. The molecule has 2 saturated heterocycles. The SMILES string of the molecule is Cc1cc([C@H](CCOCCOCCOc2ccc(-c3cnc4[nH]cc(C(=O)c5c(F)ccc(NS(=O)(=O)N6CC[C@@H](F)C6)c5F)c4c3)cc2)C(=O)N2C[C@H](O)C[C@H]2C(=O)C[C@@H](C)c2ccc(-c3scnc3C)cc2)on1. The summed E-state index contributed by atoms with van der Waals surface area (Å²) in [6.07, 6.45) is 1.20. The molecule has 0 spiro atoms. The van der Waals surface area contributed by atoms with Crippen molar-refractivity contribution in [2.75, 3.05) is 57.4 Å². The number of alkyl halides is 1. The normalized spacial score (nSPS) is 17.8. The Bertz CT molecular complexity index is 3320. The van der Waals surface area contributed by atoms with Crippen LogP contribution < -0.4 is 9.46 Å². The Balaban J connectivity index is 0.732. The lowest BCUT2D eigenvalue weighted by Crippen LogP contribution is -2.43. The minimum absolute atomic E-state index is 0.0155. The number of fused-ring (bicyclic) bond motifs is 1. The van der Waals surface area contributed by atoms with Crippen molar-refractivity contribution in [1.29, 1.82) is 0 Å². The third-order valence-corrected chi connectivity index (χ3v) is 16.1. The number of hydrogen-bond acceptors (Lipinski definition) is 14. The first-order valence-electron chi connectivity index (χ1n) is 24.8. The average Bonchev–Trinajstić information content (AvgIpc) is 4.29. The minimum Gasteiger partial charge on any atom is -0.491 e. The van der Waals surface area contributed by atoms with Crippen LogP contribution in [0.2, 0.25) is 0 Å². The molecule has 400 valence electrons. The van der Waals surface area contributed by atoms with Crippen molar-refractivity contribution in [1.82, 2.24) is 29.3 Å².